The van der Waals surface area contributed by atoms with E-state index in [1.165, 1.54) is 5.01 Å². The molecule has 0 aliphatic carbocycles. The SMILES string of the molecule is O=COC1=NN(c2ccccc2)C(=O)/C1=C\c1ccc(Oc2ccccc2)cc1. The zero-order valence-electron chi connectivity index (χ0n) is 15.3. The first-order valence-electron chi connectivity index (χ1n) is 8.88. The van der Waals surface area contributed by atoms with Crippen molar-refractivity contribution in [3.63, 3.8) is 0 Å². The lowest BCUT2D eigenvalue weighted by Crippen LogP contribution is -2.21. The highest BCUT2D eigenvalue weighted by Crippen LogP contribution is 2.26. The summed E-state index contributed by atoms with van der Waals surface area (Å²) in [6.45, 7) is 0.255. The molecule has 0 saturated carbocycles. The summed E-state index contributed by atoms with van der Waals surface area (Å²) in [7, 11) is 0. The second-order valence-corrected chi connectivity index (χ2v) is 6.11. The quantitative estimate of drug-likeness (QED) is 0.483. The number of carbonyl (C=O) groups excluding carboxylic acids is 2. The molecular formula is C23H16N2O4. The van der Waals surface area contributed by atoms with E-state index in [-0.39, 0.29) is 23.9 Å². The van der Waals surface area contributed by atoms with Crippen LogP contribution in [0.5, 0.6) is 11.5 Å². The largest absolute Gasteiger partial charge is 0.457 e. The smallest absolute Gasteiger partial charge is 0.299 e. The van der Waals surface area contributed by atoms with Gasteiger partial charge in [0.05, 0.1) is 5.69 Å². The van der Waals surface area contributed by atoms with Gasteiger partial charge in [-0.25, -0.2) is 0 Å². The Labute approximate surface area is 167 Å². The second-order valence-electron chi connectivity index (χ2n) is 6.11. The molecule has 0 bridgehead atoms. The van der Waals surface area contributed by atoms with Crippen LogP contribution in [0, 0.1) is 0 Å². The average Bonchev–Trinajstić information content (AvgIpc) is 3.06. The number of hydrogen-bond donors (Lipinski definition) is 0. The van der Waals surface area contributed by atoms with Crippen molar-refractivity contribution in [3.8, 4) is 11.5 Å². The number of amides is 1. The van der Waals surface area contributed by atoms with Crippen LogP contribution in [-0.2, 0) is 14.3 Å². The standard InChI is InChI=1S/C23H16N2O4/c26-16-28-22-21(23(27)25(24-22)18-7-3-1-4-8-18)15-17-11-13-20(14-12-17)29-19-9-5-2-6-10-19/h1-16H/b21-15-. The zero-order chi connectivity index (χ0) is 20.1. The van der Waals surface area contributed by atoms with Crippen LogP contribution in [0.15, 0.2) is 95.6 Å². The predicted octanol–water partition coefficient (Wildman–Crippen LogP) is 4.40. The number of hydrogen-bond acceptors (Lipinski definition) is 5. The Balaban J connectivity index is 1.58. The van der Waals surface area contributed by atoms with Crippen LogP contribution in [0.3, 0.4) is 0 Å². The van der Waals surface area contributed by atoms with Gasteiger partial charge in [-0.3, -0.25) is 9.59 Å². The molecule has 0 fully saturated rings. The first-order valence-corrected chi connectivity index (χ1v) is 8.88. The fraction of sp³-hybridized carbons (Fsp3) is 0. The number of anilines is 1. The summed E-state index contributed by atoms with van der Waals surface area (Å²) in [5.41, 5.74) is 1.52. The number of hydrazone groups is 1. The van der Waals surface area contributed by atoms with E-state index in [4.69, 9.17) is 9.47 Å². The first kappa shape index (κ1) is 18.2. The Morgan fingerprint density at radius 1 is 0.793 bits per heavy atom. The van der Waals surface area contributed by atoms with E-state index in [9.17, 15) is 9.59 Å². The molecule has 3 aromatic carbocycles. The highest BCUT2D eigenvalue weighted by atomic mass is 16.5. The number of para-hydroxylation sites is 2. The van der Waals surface area contributed by atoms with Crippen LogP contribution in [0.1, 0.15) is 5.56 Å². The summed E-state index contributed by atoms with van der Waals surface area (Å²) >= 11 is 0. The molecule has 0 saturated heterocycles. The molecular weight excluding hydrogens is 368 g/mol. The molecule has 6 nitrogen and oxygen atoms in total. The molecule has 0 radical (unpaired) electrons. The average molecular weight is 384 g/mol. The summed E-state index contributed by atoms with van der Waals surface area (Å²) in [6.07, 6.45) is 1.62. The third-order valence-corrected chi connectivity index (χ3v) is 4.17. The summed E-state index contributed by atoms with van der Waals surface area (Å²) in [5, 5.41) is 5.34. The number of ether oxygens (including phenoxy) is 2. The van der Waals surface area contributed by atoms with Gasteiger partial charge in [-0.1, -0.05) is 48.5 Å². The second kappa shape index (κ2) is 8.22. The van der Waals surface area contributed by atoms with E-state index in [1.807, 2.05) is 48.5 Å². The molecule has 0 spiro atoms. The first-order chi connectivity index (χ1) is 14.2. The lowest BCUT2D eigenvalue weighted by molar-refractivity contribution is -0.121. The Hall–Kier alpha value is -4.19. The highest BCUT2D eigenvalue weighted by molar-refractivity contribution is 6.31. The molecule has 1 aliphatic rings. The fourth-order valence-electron chi connectivity index (χ4n) is 2.82. The summed E-state index contributed by atoms with van der Waals surface area (Å²) in [4.78, 5) is 23.7. The Bertz CT molecular complexity index is 1070. The zero-order valence-corrected chi connectivity index (χ0v) is 15.3. The third kappa shape index (κ3) is 4.06. The minimum Gasteiger partial charge on any atom is -0.457 e. The van der Waals surface area contributed by atoms with Gasteiger partial charge in [0.25, 0.3) is 18.3 Å². The molecule has 29 heavy (non-hydrogen) atoms. The molecule has 3 aromatic rings. The van der Waals surface area contributed by atoms with Crippen molar-refractivity contribution in [2.45, 2.75) is 0 Å². The maximum atomic E-state index is 12.8. The molecule has 142 valence electrons. The van der Waals surface area contributed by atoms with Gasteiger partial charge in [0, 0.05) is 0 Å². The van der Waals surface area contributed by atoms with Crippen LogP contribution in [-0.4, -0.2) is 18.3 Å². The van der Waals surface area contributed by atoms with Crippen molar-refractivity contribution in [2.24, 2.45) is 5.10 Å². The van der Waals surface area contributed by atoms with Gasteiger partial charge in [0.2, 0.25) is 0 Å². The van der Waals surface area contributed by atoms with Crippen molar-refractivity contribution in [2.75, 3.05) is 5.01 Å². The molecule has 0 atom stereocenters. The van der Waals surface area contributed by atoms with Gasteiger partial charge >= 0.3 is 0 Å². The number of nitrogens with zero attached hydrogens (tertiary/aromatic N) is 2. The highest BCUT2D eigenvalue weighted by Gasteiger charge is 2.32. The van der Waals surface area contributed by atoms with Crippen molar-refractivity contribution in [3.05, 3.63) is 96.1 Å². The van der Waals surface area contributed by atoms with E-state index < -0.39 is 0 Å². The lowest BCUT2D eigenvalue weighted by Gasteiger charge is -2.10. The number of benzene rings is 3. The Morgan fingerprint density at radius 2 is 1.41 bits per heavy atom. The van der Waals surface area contributed by atoms with Gasteiger partial charge < -0.3 is 9.47 Å². The molecule has 1 amide bonds. The number of rotatable bonds is 5. The lowest BCUT2D eigenvalue weighted by atomic mass is 10.1. The fourth-order valence-corrected chi connectivity index (χ4v) is 2.82. The Morgan fingerprint density at radius 3 is 2.07 bits per heavy atom. The van der Waals surface area contributed by atoms with Gasteiger partial charge in [-0.15, -0.1) is 5.10 Å². The third-order valence-electron chi connectivity index (χ3n) is 4.17. The topological polar surface area (TPSA) is 68.2 Å². The molecule has 0 aromatic heterocycles. The minimum atomic E-state index is -0.377. The van der Waals surface area contributed by atoms with Crippen molar-refractivity contribution in [1.82, 2.24) is 0 Å². The van der Waals surface area contributed by atoms with Gasteiger partial charge in [0.1, 0.15) is 17.1 Å². The number of carbonyl (C=O) groups is 2. The van der Waals surface area contributed by atoms with Crippen LogP contribution in [0.25, 0.3) is 6.08 Å². The van der Waals surface area contributed by atoms with Crippen LogP contribution >= 0.6 is 0 Å². The maximum Gasteiger partial charge on any atom is 0.299 e. The molecule has 6 heteroatoms. The molecule has 4 rings (SSSR count). The van der Waals surface area contributed by atoms with Crippen LogP contribution < -0.4 is 9.75 Å². The van der Waals surface area contributed by atoms with E-state index in [0.29, 0.717) is 11.4 Å². The molecule has 0 unspecified atom stereocenters. The van der Waals surface area contributed by atoms with E-state index in [1.54, 1.807) is 42.5 Å². The van der Waals surface area contributed by atoms with Gasteiger partial charge in [-0.2, -0.15) is 5.01 Å². The maximum absolute atomic E-state index is 12.8. The van der Waals surface area contributed by atoms with Crippen molar-refractivity contribution in [1.29, 1.82) is 0 Å². The summed E-state index contributed by atoms with van der Waals surface area (Å²) < 4.78 is 10.7. The normalized spacial score (nSPS) is 14.6. The monoisotopic (exact) mass is 384 g/mol. The summed E-state index contributed by atoms with van der Waals surface area (Å²) in [6, 6.07) is 25.6. The minimum absolute atomic E-state index is 0.0431. The molecule has 1 aliphatic heterocycles. The van der Waals surface area contributed by atoms with Gasteiger partial charge in [0.15, 0.2) is 0 Å². The predicted molar refractivity (Wildman–Crippen MR) is 109 cm³/mol. The van der Waals surface area contributed by atoms with Crippen molar-refractivity contribution < 1.29 is 19.1 Å². The summed E-state index contributed by atoms with van der Waals surface area (Å²) in [5.74, 6) is 0.980. The van der Waals surface area contributed by atoms with Crippen LogP contribution in [0.2, 0.25) is 0 Å². The van der Waals surface area contributed by atoms with Gasteiger partial charge in [-0.05, 0) is 48.0 Å². The van der Waals surface area contributed by atoms with E-state index in [2.05, 4.69) is 5.10 Å². The van der Waals surface area contributed by atoms with E-state index >= 15 is 0 Å². The Kier molecular flexibility index (Phi) is 5.16. The molecule has 1 heterocycles. The molecule has 0 N–H and O–H groups in total. The van der Waals surface area contributed by atoms with Crippen LogP contribution in [0.4, 0.5) is 5.69 Å². The van der Waals surface area contributed by atoms with E-state index in [0.717, 1.165) is 11.3 Å². The van der Waals surface area contributed by atoms with Crippen molar-refractivity contribution >= 4 is 30.0 Å².